The van der Waals surface area contributed by atoms with Crippen molar-refractivity contribution in [2.24, 2.45) is 0 Å². The summed E-state index contributed by atoms with van der Waals surface area (Å²) in [6.07, 6.45) is 1.01. The van der Waals surface area contributed by atoms with Gasteiger partial charge in [-0.15, -0.1) is 0 Å². The monoisotopic (exact) mass is 360 g/mol. The Morgan fingerprint density at radius 2 is 1.85 bits per heavy atom. The van der Waals surface area contributed by atoms with Crippen molar-refractivity contribution < 1.29 is 9.90 Å². The SMILES string of the molecule is CCc1ccc(-c2cc3cccc(Cn4nc(C(=O)O)cc4C)n3n2)cc1. The minimum atomic E-state index is -1.02. The highest BCUT2D eigenvalue weighted by Gasteiger charge is 2.13. The summed E-state index contributed by atoms with van der Waals surface area (Å²) in [5.74, 6) is -1.02. The summed E-state index contributed by atoms with van der Waals surface area (Å²) in [6, 6.07) is 18.0. The Labute approximate surface area is 156 Å². The third-order valence-corrected chi connectivity index (χ3v) is 4.73. The predicted octanol–water partition coefficient (Wildman–Crippen LogP) is 3.82. The van der Waals surface area contributed by atoms with Gasteiger partial charge in [0.2, 0.25) is 0 Å². The summed E-state index contributed by atoms with van der Waals surface area (Å²) in [4.78, 5) is 11.1. The van der Waals surface area contributed by atoms with E-state index < -0.39 is 5.97 Å². The molecule has 6 nitrogen and oxygen atoms in total. The van der Waals surface area contributed by atoms with Gasteiger partial charge in [-0.25, -0.2) is 9.31 Å². The molecule has 0 amide bonds. The zero-order valence-electron chi connectivity index (χ0n) is 15.3. The van der Waals surface area contributed by atoms with Crippen LogP contribution in [0.2, 0.25) is 0 Å². The van der Waals surface area contributed by atoms with Crippen molar-refractivity contribution in [1.29, 1.82) is 0 Å². The number of hydrogen-bond acceptors (Lipinski definition) is 3. The van der Waals surface area contributed by atoms with Crippen LogP contribution in [-0.2, 0) is 13.0 Å². The summed E-state index contributed by atoms with van der Waals surface area (Å²) in [5.41, 5.74) is 6.06. The molecule has 1 N–H and O–H groups in total. The lowest BCUT2D eigenvalue weighted by Crippen LogP contribution is -2.09. The highest BCUT2D eigenvalue weighted by atomic mass is 16.4. The van der Waals surface area contributed by atoms with Gasteiger partial charge in [-0.3, -0.25) is 4.68 Å². The van der Waals surface area contributed by atoms with Gasteiger partial charge in [-0.1, -0.05) is 37.3 Å². The second-order valence-electron chi connectivity index (χ2n) is 6.57. The number of benzene rings is 1. The quantitative estimate of drug-likeness (QED) is 0.587. The Kier molecular flexibility index (Phi) is 4.24. The molecule has 4 rings (SSSR count). The molecule has 3 aromatic heterocycles. The lowest BCUT2D eigenvalue weighted by molar-refractivity contribution is 0.0689. The molecule has 6 heteroatoms. The number of aryl methyl sites for hydroxylation is 2. The van der Waals surface area contributed by atoms with Gasteiger partial charge in [0, 0.05) is 11.3 Å². The molecule has 4 aromatic rings. The second-order valence-corrected chi connectivity index (χ2v) is 6.57. The number of hydrogen-bond donors (Lipinski definition) is 1. The van der Waals surface area contributed by atoms with E-state index in [1.807, 2.05) is 29.6 Å². The molecular weight excluding hydrogens is 340 g/mol. The van der Waals surface area contributed by atoms with Crippen LogP contribution in [0, 0.1) is 6.92 Å². The normalized spacial score (nSPS) is 11.2. The molecule has 0 spiro atoms. The number of carbonyl (C=O) groups is 1. The fourth-order valence-corrected chi connectivity index (χ4v) is 3.17. The maximum Gasteiger partial charge on any atom is 0.356 e. The van der Waals surface area contributed by atoms with Crippen LogP contribution in [0.15, 0.2) is 54.6 Å². The first-order valence-electron chi connectivity index (χ1n) is 8.90. The molecule has 3 heterocycles. The smallest absolute Gasteiger partial charge is 0.356 e. The topological polar surface area (TPSA) is 72.4 Å². The minimum absolute atomic E-state index is 0.0526. The molecule has 1 aromatic carbocycles. The van der Waals surface area contributed by atoms with Crippen LogP contribution in [0.25, 0.3) is 16.8 Å². The summed E-state index contributed by atoms with van der Waals surface area (Å²) in [7, 11) is 0. The van der Waals surface area contributed by atoms with Crippen molar-refractivity contribution in [3.05, 3.63) is 77.2 Å². The van der Waals surface area contributed by atoms with E-state index in [1.165, 1.54) is 5.56 Å². The van der Waals surface area contributed by atoms with E-state index in [2.05, 4.69) is 42.4 Å². The third kappa shape index (κ3) is 3.21. The first-order valence-corrected chi connectivity index (χ1v) is 8.90. The van der Waals surface area contributed by atoms with Crippen molar-refractivity contribution in [2.75, 3.05) is 0 Å². The molecule has 27 heavy (non-hydrogen) atoms. The molecule has 0 aliphatic carbocycles. The van der Waals surface area contributed by atoms with Crippen molar-refractivity contribution >= 4 is 11.5 Å². The number of carboxylic acid groups (broad SMARTS) is 1. The van der Waals surface area contributed by atoms with Gasteiger partial charge >= 0.3 is 5.97 Å². The van der Waals surface area contributed by atoms with E-state index in [9.17, 15) is 4.79 Å². The largest absolute Gasteiger partial charge is 0.476 e. The van der Waals surface area contributed by atoms with Gasteiger partial charge in [-0.2, -0.15) is 10.2 Å². The number of aromatic carboxylic acids is 1. The van der Waals surface area contributed by atoms with Crippen LogP contribution in [0.4, 0.5) is 0 Å². The van der Waals surface area contributed by atoms with Crippen LogP contribution >= 0.6 is 0 Å². The third-order valence-electron chi connectivity index (χ3n) is 4.73. The van der Waals surface area contributed by atoms with Crippen LogP contribution in [0.1, 0.15) is 34.4 Å². The molecule has 0 bridgehead atoms. The molecular formula is C21H20N4O2. The van der Waals surface area contributed by atoms with Gasteiger partial charge in [0.25, 0.3) is 0 Å². The number of nitrogens with zero attached hydrogens (tertiary/aromatic N) is 4. The first kappa shape index (κ1) is 17.0. The van der Waals surface area contributed by atoms with E-state index in [4.69, 9.17) is 10.2 Å². The molecule has 0 radical (unpaired) electrons. The highest BCUT2D eigenvalue weighted by molar-refractivity contribution is 5.85. The number of carboxylic acids is 1. The molecule has 0 aliphatic rings. The fourth-order valence-electron chi connectivity index (χ4n) is 3.17. The fraction of sp³-hybridized carbons (Fsp3) is 0.190. The van der Waals surface area contributed by atoms with Crippen molar-refractivity contribution in [3.8, 4) is 11.3 Å². The van der Waals surface area contributed by atoms with Crippen LogP contribution in [0.3, 0.4) is 0 Å². The van der Waals surface area contributed by atoms with Crippen molar-refractivity contribution in [1.82, 2.24) is 19.4 Å². The predicted molar refractivity (Wildman–Crippen MR) is 103 cm³/mol. The number of fused-ring (bicyclic) bond motifs is 1. The Balaban J connectivity index is 1.71. The average Bonchev–Trinajstić information content (AvgIpc) is 3.26. The molecule has 0 aliphatic heterocycles. The van der Waals surface area contributed by atoms with Gasteiger partial charge in [-0.05, 0) is 43.2 Å². The molecule has 0 saturated carbocycles. The Bertz CT molecular complexity index is 1120. The molecule has 0 atom stereocenters. The van der Waals surface area contributed by atoms with E-state index >= 15 is 0 Å². The molecule has 0 unspecified atom stereocenters. The van der Waals surface area contributed by atoms with Crippen molar-refractivity contribution in [3.63, 3.8) is 0 Å². The van der Waals surface area contributed by atoms with Gasteiger partial charge in [0.05, 0.1) is 23.4 Å². The van der Waals surface area contributed by atoms with E-state index in [1.54, 1.807) is 10.7 Å². The van der Waals surface area contributed by atoms with Crippen LogP contribution in [0.5, 0.6) is 0 Å². The number of pyridine rings is 1. The Hall–Kier alpha value is -3.41. The van der Waals surface area contributed by atoms with Gasteiger partial charge < -0.3 is 5.11 Å². The molecule has 0 fully saturated rings. The van der Waals surface area contributed by atoms with E-state index in [0.717, 1.165) is 34.6 Å². The standard InChI is InChI=1S/C21H20N4O2/c1-3-15-7-9-16(10-8-15)19-12-17-5-4-6-18(25(17)23-19)13-24-14(2)11-20(22-24)21(26)27/h4-12H,3,13H2,1-2H3,(H,26,27). The Morgan fingerprint density at radius 1 is 1.07 bits per heavy atom. The summed E-state index contributed by atoms with van der Waals surface area (Å²) in [5, 5.41) is 18.1. The first-order chi connectivity index (χ1) is 13.0. The van der Waals surface area contributed by atoms with Crippen LogP contribution in [-0.4, -0.2) is 30.5 Å². The summed E-state index contributed by atoms with van der Waals surface area (Å²) >= 11 is 0. The van der Waals surface area contributed by atoms with Gasteiger partial charge in [0.15, 0.2) is 5.69 Å². The van der Waals surface area contributed by atoms with E-state index in [0.29, 0.717) is 6.54 Å². The average molecular weight is 360 g/mol. The highest BCUT2D eigenvalue weighted by Crippen LogP contribution is 2.22. The van der Waals surface area contributed by atoms with Gasteiger partial charge in [0.1, 0.15) is 0 Å². The Morgan fingerprint density at radius 3 is 2.52 bits per heavy atom. The minimum Gasteiger partial charge on any atom is -0.476 e. The lowest BCUT2D eigenvalue weighted by atomic mass is 10.1. The number of aromatic nitrogens is 4. The maximum atomic E-state index is 11.1. The number of rotatable bonds is 5. The summed E-state index contributed by atoms with van der Waals surface area (Å²) in [6.45, 7) is 4.44. The maximum absolute atomic E-state index is 11.1. The second kappa shape index (κ2) is 6.72. The summed E-state index contributed by atoms with van der Waals surface area (Å²) < 4.78 is 3.58. The zero-order chi connectivity index (χ0) is 19.0. The van der Waals surface area contributed by atoms with Crippen molar-refractivity contribution in [2.45, 2.75) is 26.8 Å². The van der Waals surface area contributed by atoms with Crippen LogP contribution < -0.4 is 0 Å². The lowest BCUT2D eigenvalue weighted by Gasteiger charge is -2.07. The molecule has 0 saturated heterocycles. The zero-order valence-corrected chi connectivity index (χ0v) is 15.3. The molecule has 136 valence electrons. The van der Waals surface area contributed by atoms with E-state index in [-0.39, 0.29) is 5.69 Å².